The molecule has 1 aromatic carbocycles. The average Bonchev–Trinajstić information content (AvgIpc) is 2.84. The number of carbonyl (C=O) groups is 1. The molecule has 0 aliphatic heterocycles. The lowest BCUT2D eigenvalue weighted by Gasteiger charge is -2.10. The van der Waals surface area contributed by atoms with Crippen LogP contribution >= 0.6 is 15.9 Å². The lowest BCUT2D eigenvalue weighted by Crippen LogP contribution is -2.11. The summed E-state index contributed by atoms with van der Waals surface area (Å²) in [5, 5.41) is 8.89. The minimum absolute atomic E-state index is 0.324. The van der Waals surface area contributed by atoms with Crippen LogP contribution in [0.4, 0.5) is 4.39 Å². The molecular formula is C11H10BrFO2. The van der Waals surface area contributed by atoms with Gasteiger partial charge < -0.3 is 5.11 Å². The van der Waals surface area contributed by atoms with Crippen LogP contribution in [-0.4, -0.2) is 11.1 Å². The number of aliphatic carboxylic acids is 1. The molecule has 15 heavy (non-hydrogen) atoms. The van der Waals surface area contributed by atoms with E-state index in [-0.39, 0.29) is 17.2 Å². The van der Waals surface area contributed by atoms with Crippen LogP contribution in [0.3, 0.4) is 0 Å². The number of halogens is 2. The van der Waals surface area contributed by atoms with Crippen LogP contribution < -0.4 is 0 Å². The third kappa shape index (κ3) is 1.67. The monoisotopic (exact) mass is 272 g/mol. The molecule has 1 N–H and O–H groups in total. The number of hydrogen-bond acceptors (Lipinski definition) is 1. The van der Waals surface area contributed by atoms with E-state index >= 15 is 0 Å². The zero-order chi connectivity index (χ0) is 11.2. The van der Waals surface area contributed by atoms with E-state index in [1.165, 1.54) is 6.07 Å². The van der Waals surface area contributed by atoms with Gasteiger partial charge in [-0.25, -0.2) is 4.39 Å². The Hall–Kier alpha value is -0.900. The van der Waals surface area contributed by atoms with E-state index in [9.17, 15) is 9.18 Å². The van der Waals surface area contributed by atoms with Gasteiger partial charge in [-0.3, -0.25) is 4.79 Å². The Morgan fingerprint density at radius 3 is 2.80 bits per heavy atom. The van der Waals surface area contributed by atoms with Crippen molar-refractivity contribution in [1.29, 1.82) is 0 Å². The van der Waals surface area contributed by atoms with E-state index in [0.717, 1.165) is 5.56 Å². The van der Waals surface area contributed by atoms with Crippen LogP contribution in [0, 0.1) is 11.7 Å². The summed E-state index contributed by atoms with van der Waals surface area (Å²) in [5.41, 5.74) is 0.547. The second kappa shape index (κ2) is 3.30. The van der Waals surface area contributed by atoms with Gasteiger partial charge in [-0.05, 0) is 40.0 Å². The number of benzene rings is 1. The maximum atomic E-state index is 13.0. The first-order chi connectivity index (χ1) is 6.95. The molecule has 0 bridgehead atoms. The van der Waals surface area contributed by atoms with Gasteiger partial charge >= 0.3 is 5.97 Å². The Balaban J connectivity index is 2.32. The van der Waals surface area contributed by atoms with Gasteiger partial charge in [0.05, 0.1) is 10.4 Å². The van der Waals surface area contributed by atoms with Gasteiger partial charge in [-0.2, -0.15) is 0 Å². The molecule has 1 aliphatic rings. The fraction of sp³-hybridized carbons (Fsp3) is 0.364. The normalized spacial score (nSPS) is 28.9. The molecular weight excluding hydrogens is 263 g/mol. The van der Waals surface area contributed by atoms with Crippen LogP contribution in [0.2, 0.25) is 0 Å². The van der Waals surface area contributed by atoms with Gasteiger partial charge in [0.15, 0.2) is 0 Å². The van der Waals surface area contributed by atoms with Crippen LogP contribution in [0.5, 0.6) is 0 Å². The summed E-state index contributed by atoms with van der Waals surface area (Å²) in [6.07, 6.45) is 0.625. The maximum absolute atomic E-state index is 13.0. The summed E-state index contributed by atoms with van der Waals surface area (Å²) in [5.74, 6) is -1.44. The van der Waals surface area contributed by atoms with Gasteiger partial charge in [0.25, 0.3) is 0 Å². The molecule has 0 radical (unpaired) electrons. The van der Waals surface area contributed by atoms with E-state index in [1.807, 2.05) is 6.92 Å². The summed E-state index contributed by atoms with van der Waals surface area (Å²) in [6.45, 7) is 1.89. The quantitative estimate of drug-likeness (QED) is 0.899. The molecule has 2 unspecified atom stereocenters. The van der Waals surface area contributed by atoms with Crippen molar-refractivity contribution in [1.82, 2.24) is 0 Å². The molecule has 1 aliphatic carbocycles. The van der Waals surface area contributed by atoms with Crippen LogP contribution in [0.25, 0.3) is 0 Å². The van der Waals surface area contributed by atoms with Crippen LogP contribution in [0.1, 0.15) is 18.9 Å². The minimum atomic E-state index is -0.780. The largest absolute Gasteiger partial charge is 0.481 e. The molecule has 1 aromatic rings. The summed E-state index contributed by atoms with van der Waals surface area (Å²) in [6, 6.07) is 4.68. The molecule has 0 aromatic heterocycles. The Labute approximate surface area is 95.2 Å². The summed E-state index contributed by atoms with van der Waals surface area (Å²) >= 11 is 3.10. The topological polar surface area (TPSA) is 37.3 Å². The lowest BCUT2D eigenvalue weighted by molar-refractivity contribution is -0.138. The molecule has 0 heterocycles. The highest BCUT2D eigenvalue weighted by atomic mass is 79.9. The molecule has 2 rings (SSSR count). The van der Waals surface area contributed by atoms with Crippen molar-refractivity contribution in [2.24, 2.45) is 5.92 Å². The van der Waals surface area contributed by atoms with Gasteiger partial charge in [0.1, 0.15) is 5.82 Å². The number of carboxylic acid groups (broad SMARTS) is 1. The standard InChI is InChI=1S/C11H10BrFO2/c1-11(5-7(11)10(14)15)6-2-3-9(13)8(12)4-6/h2-4,7H,5H2,1H3,(H,14,15). The number of rotatable bonds is 2. The van der Waals surface area contributed by atoms with Crippen molar-refractivity contribution < 1.29 is 14.3 Å². The highest BCUT2D eigenvalue weighted by Crippen LogP contribution is 2.54. The SMILES string of the molecule is CC1(c2ccc(F)c(Br)c2)CC1C(=O)O. The third-order valence-electron chi connectivity index (χ3n) is 3.11. The maximum Gasteiger partial charge on any atom is 0.307 e. The fourth-order valence-electron chi connectivity index (χ4n) is 1.90. The van der Waals surface area contributed by atoms with Gasteiger partial charge in [0, 0.05) is 5.41 Å². The number of carboxylic acids is 1. The van der Waals surface area contributed by atoms with Crippen molar-refractivity contribution in [3.8, 4) is 0 Å². The first-order valence-electron chi connectivity index (χ1n) is 4.63. The second-order valence-corrected chi connectivity index (χ2v) is 5.00. The predicted molar refractivity (Wildman–Crippen MR) is 57.2 cm³/mol. The Morgan fingerprint density at radius 1 is 1.67 bits per heavy atom. The zero-order valence-electron chi connectivity index (χ0n) is 8.13. The minimum Gasteiger partial charge on any atom is -0.481 e. The van der Waals surface area contributed by atoms with Crippen molar-refractivity contribution in [3.63, 3.8) is 0 Å². The average molecular weight is 273 g/mol. The zero-order valence-corrected chi connectivity index (χ0v) is 9.71. The molecule has 0 spiro atoms. The molecule has 4 heteroatoms. The van der Waals surface area contributed by atoms with E-state index in [1.54, 1.807) is 12.1 Å². The third-order valence-corrected chi connectivity index (χ3v) is 3.72. The smallest absolute Gasteiger partial charge is 0.307 e. The molecule has 0 amide bonds. The highest BCUT2D eigenvalue weighted by molar-refractivity contribution is 9.10. The van der Waals surface area contributed by atoms with E-state index in [4.69, 9.17) is 5.11 Å². The molecule has 2 atom stereocenters. The lowest BCUT2D eigenvalue weighted by atomic mass is 9.95. The van der Waals surface area contributed by atoms with Crippen molar-refractivity contribution in [2.45, 2.75) is 18.8 Å². The van der Waals surface area contributed by atoms with Crippen LogP contribution in [0.15, 0.2) is 22.7 Å². The van der Waals surface area contributed by atoms with Crippen molar-refractivity contribution >= 4 is 21.9 Å². The fourth-order valence-corrected chi connectivity index (χ4v) is 2.27. The summed E-state index contributed by atoms with van der Waals surface area (Å²) in [7, 11) is 0. The Kier molecular flexibility index (Phi) is 2.34. The van der Waals surface area contributed by atoms with Gasteiger partial charge in [-0.15, -0.1) is 0 Å². The van der Waals surface area contributed by atoms with E-state index < -0.39 is 5.97 Å². The molecule has 2 nitrogen and oxygen atoms in total. The molecule has 0 saturated heterocycles. The summed E-state index contributed by atoms with van der Waals surface area (Å²) < 4.78 is 13.4. The van der Waals surface area contributed by atoms with Gasteiger partial charge in [-0.1, -0.05) is 13.0 Å². The van der Waals surface area contributed by atoms with Crippen LogP contribution in [-0.2, 0) is 10.2 Å². The van der Waals surface area contributed by atoms with Gasteiger partial charge in [0.2, 0.25) is 0 Å². The number of hydrogen-bond donors (Lipinski definition) is 1. The Morgan fingerprint density at radius 2 is 2.33 bits per heavy atom. The van der Waals surface area contributed by atoms with E-state index in [2.05, 4.69) is 15.9 Å². The van der Waals surface area contributed by atoms with Crippen molar-refractivity contribution in [2.75, 3.05) is 0 Å². The Bertz CT molecular complexity index is 433. The van der Waals surface area contributed by atoms with Crippen molar-refractivity contribution in [3.05, 3.63) is 34.1 Å². The summed E-state index contributed by atoms with van der Waals surface area (Å²) in [4.78, 5) is 10.8. The molecule has 1 fully saturated rings. The molecule has 1 saturated carbocycles. The van der Waals surface area contributed by atoms with E-state index in [0.29, 0.717) is 10.9 Å². The first-order valence-corrected chi connectivity index (χ1v) is 5.43. The molecule has 80 valence electrons. The predicted octanol–water partition coefficient (Wildman–Crippen LogP) is 2.95. The second-order valence-electron chi connectivity index (χ2n) is 4.14. The first kappa shape index (κ1) is 10.6. The highest BCUT2D eigenvalue weighted by Gasteiger charge is 2.55.